The van der Waals surface area contributed by atoms with Crippen LogP contribution in [-0.2, 0) is 16.2 Å². The Balaban J connectivity index is 1.35. The molecule has 3 aromatic rings. The van der Waals surface area contributed by atoms with Gasteiger partial charge in [0.1, 0.15) is 18.4 Å². The largest absolute Gasteiger partial charge is 0.487 e. The van der Waals surface area contributed by atoms with Crippen LogP contribution in [0.2, 0.25) is 0 Å². The molecule has 34 heavy (non-hydrogen) atoms. The first-order valence-corrected chi connectivity index (χ1v) is 12.6. The molecule has 1 fully saturated rings. The third-order valence-corrected chi connectivity index (χ3v) is 6.91. The second-order valence-corrected chi connectivity index (χ2v) is 9.62. The van der Waals surface area contributed by atoms with Crippen molar-refractivity contribution >= 4 is 46.7 Å². The van der Waals surface area contributed by atoms with Crippen molar-refractivity contribution in [3.8, 4) is 11.8 Å². The van der Waals surface area contributed by atoms with E-state index in [1.54, 1.807) is 46.6 Å². The fourth-order valence-corrected chi connectivity index (χ4v) is 5.09. The number of thiazole rings is 1. The Morgan fingerprint density at radius 1 is 1.29 bits per heavy atom. The van der Waals surface area contributed by atoms with E-state index in [4.69, 9.17) is 10.00 Å². The normalized spacial score (nSPS) is 15.3. The molecule has 1 N–H and O–H groups in total. The molecule has 0 radical (unpaired) electrons. The molecule has 4 rings (SSSR count). The molecule has 1 aliphatic rings. The van der Waals surface area contributed by atoms with Gasteiger partial charge in [-0.3, -0.25) is 9.59 Å². The summed E-state index contributed by atoms with van der Waals surface area (Å²) in [5.41, 5.74) is 2.82. The predicted octanol–water partition coefficient (Wildman–Crippen LogP) is 4.46. The van der Waals surface area contributed by atoms with Crippen molar-refractivity contribution in [1.82, 2.24) is 9.88 Å². The molecule has 1 atom stereocenters. The maximum absolute atomic E-state index is 12.8. The zero-order chi connectivity index (χ0) is 23.9. The van der Waals surface area contributed by atoms with Crippen LogP contribution in [-0.4, -0.2) is 39.4 Å². The number of rotatable bonds is 7. The summed E-state index contributed by atoms with van der Waals surface area (Å²) in [5.74, 6) is 1.20. The number of thioether (sulfide) groups is 1. The van der Waals surface area contributed by atoms with E-state index in [9.17, 15) is 9.59 Å². The maximum Gasteiger partial charge on any atom is 0.248 e. The molecule has 0 bridgehead atoms. The first kappa shape index (κ1) is 23.5. The standard InChI is InChI=1S/C25H22N4O3S2/c1-17-27-21(14-34-17)13-32-22-4-2-3-18(11-22)7-10-24(30)29-16-33-15-23(29)25(31)28-20-8-5-19(12-26)6-9-20/h2-11,14,23H,13,15-16H2,1H3,(H,28,31)/b10-7+. The molecular formula is C25H22N4O3S2. The van der Waals surface area contributed by atoms with Crippen LogP contribution in [0.15, 0.2) is 60.0 Å². The van der Waals surface area contributed by atoms with Crippen molar-refractivity contribution in [3.05, 3.63) is 81.8 Å². The molecule has 0 saturated carbocycles. The number of nitriles is 1. The Morgan fingerprint density at radius 2 is 2.12 bits per heavy atom. The van der Waals surface area contributed by atoms with E-state index < -0.39 is 6.04 Å². The number of ether oxygens (including phenoxy) is 1. The number of benzene rings is 2. The Labute approximate surface area is 206 Å². The first-order chi connectivity index (χ1) is 16.5. The number of carbonyl (C=O) groups is 2. The van der Waals surface area contributed by atoms with E-state index in [-0.39, 0.29) is 11.8 Å². The summed E-state index contributed by atoms with van der Waals surface area (Å²) in [4.78, 5) is 31.6. The Kier molecular flexibility index (Phi) is 7.62. The molecule has 1 saturated heterocycles. The topological polar surface area (TPSA) is 95.3 Å². The summed E-state index contributed by atoms with van der Waals surface area (Å²) in [6.45, 7) is 2.34. The highest BCUT2D eigenvalue weighted by molar-refractivity contribution is 7.99. The maximum atomic E-state index is 12.8. The number of anilines is 1. The lowest BCUT2D eigenvalue weighted by atomic mass is 10.2. The van der Waals surface area contributed by atoms with E-state index in [0.717, 1.165) is 16.3 Å². The lowest BCUT2D eigenvalue weighted by Crippen LogP contribution is -2.43. The molecule has 9 heteroatoms. The molecule has 2 aromatic carbocycles. The van der Waals surface area contributed by atoms with Gasteiger partial charge in [0.05, 0.1) is 28.2 Å². The molecular weight excluding hydrogens is 468 g/mol. The van der Waals surface area contributed by atoms with Crippen LogP contribution >= 0.6 is 23.1 Å². The predicted molar refractivity (Wildman–Crippen MR) is 134 cm³/mol. The number of aromatic nitrogens is 1. The van der Waals surface area contributed by atoms with Gasteiger partial charge in [0.2, 0.25) is 11.8 Å². The highest BCUT2D eigenvalue weighted by Gasteiger charge is 2.33. The molecule has 0 spiro atoms. The van der Waals surface area contributed by atoms with Gasteiger partial charge in [-0.25, -0.2) is 4.98 Å². The lowest BCUT2D eigenvalue weighted by Gasteiger charge is -2.21. The van der Waals surface area contributed by atoms with Gasteiger partial charge in [0, 0.05) is 22.9 Å². The molecule has 2 amide bonds. The average Bonchev–Trinajstić information content (AvgIpc) is 3.51. The summed E-state index contributed by atoms with van der Waals surface area (Å²) in [6.07, 6.45) is 3.21. The summed E-state index contributed by atoms with van der Waals surface area (Å²) in [5, 5.41) is 14.7. The van der Waals surface area contributed by atoms with Crippen LogP contribution in [0, 0.1) is 18.3 Å². The third-order valence-electron chi connectivity index (χ3n) is 5.08. The van der Waals surface area contributed by atoms with E-state index in [1.165, 1.54) is 17.8 Å². The number of hydrogen-bond acceptors (Lipinski definition) is 7. The van der Waals surface area contributed by atoms with E-state index in [2.05, 4.69) is 10.3 Å². The second kappa shape index (κ2) is 11.0. The molecule has 172 valence electrons. The van der Waals surface area contributed by atoms with E-state index in [1.807, 2.05) is 42.6 Å². The average molecular weight is 491 g/mol. The number of carbonyl (C=O) groups excluding carboxylic acids is 2. The van der Waals surface area contributed by atoms with Crippen molar-refractivity contribution in [1.29, 1.82) is 5.26 Å². The van der Waals surface area contributed by atoms with Gasteiger partial charge in [-0.15, -0.1) is 23.1 Å². The van der Waals surface area contributed by atoms with Crippen molar-refractivity contribution in [2.45, 2.75) is 19.6 Å². The number of hydrogen-bond donors (Lipinski definition) is 1. The van der Waals surface area contributed by atoms with Crippen molar-refractivity contribution in [2.75, 3.05) is 16.9 Å². The van der Waals surface area contributed by atoms with Crippen LogP contribution in [0.5, 0.6) is 5.75 Å². The van der Waals surface area contributed by atoms with Gasteiger partial charge in [-0.2, -0.15) is 5.26 Å². The molecule has 1 aliphatic heterocycles. The molecule has 7 nitrogen and oxygen atoms in total. The molecule has 2 heterocycles. The fraction of sp³-hybridized carbons (Fsp3) is 0.200. The van der Waals surface area contributed by atoms with Crippen LogP contribution in [0.4, 0.5) is 5.69 Å². The summed E-state index contributed by atoms with van der Waals surface area (Å²) in [6, 6.07) is 15.6. The molecule has 0 aliphatic carbocycles. The zero-order valence-corrected chi connectivity index (χ0v) is 20.1. The summed E-state index contributed by atoms with van der Waals surface area (Å²) >= 11 is 3.12. The fourth-order valence-electron chi connectivity index (χ4n) is 3.33. The van der Waals surface area contributed by atoms with Crippen molar-refractivity contribution in [2.24, 2.45) is 0 Å². The van der Waals surface area contributed by atoms with Gasteiger partial charge >= 0.3 is 0 Å². The number of nitrogens with zero attached hydrogens (tertiary/aromatic N) is 3. The minimum Gasteiger partial charge on any atom is -0.487 e. The molecule has 1 aromatic heterocycles. The lowest BCUT2D eigenvalue weighted by molar-refractivity contribution is -0.132. The number of nitrogens with one attached hydrogen (secondary N) is 1. The minimum atomic E-state index is -0.561. The first-order valence-electron chi connectivity index (χ1n) is 10.5. The van der Waals surface area contributed by atoms with Crippen LogP contribution in [0.25, 0.3) is 6.08 Å². The van der Waals surface area contributed by atoms with Crippen molar-refractivity contribution < 1.29 is 14.3 Å². The molecule has 1 unspecified atom stereocenters. The highest BCUT2D eigenvalue weighted by Crippen LogP contribution is 2.23. The third kappa shape index (κ3) is 6.04. The smallest absolute Gasteiger partial charge is 0.248 e. The SMILES string of the molecule is Cc1nc(COc2cccc(/C=C/C(=O)N3CSCC3C(=O)Nc3ccc(C#N)cc3)c2)cs1. The summed E-state index contributed by atoms with van der Waals surface area (Å²) < 4.78 is 5.81. The quantitative estimate of drug-likeness (QED) is 0.492. The Morgan fingerprint density at radius 3 is 2.85 bits per heavy atom. The van der Waals surface area contributed by atoms with E-state index >= 15 is 0 Å². The highest BCUT2D eigenvalue weighted by atomic mass is 32.2. The monoisotopic (exact) mass is 490 g/mol. The zero-order valence-electron chi connectivity index (χ0n) is 18.4. The second-order valence-electron chi connectivity index (χ2n) is 7.55. The van der Waals surface area contributed by atoms with Gasteiger partial charge in [0.25, 0.3) is 0 Å². The summed E-state index contributed by atoms with van der Waals surface area (Å²) in [7, 11) is 0. The minimum absolute atomic E-state index is 0.228. The van der Waals surface area contributed by atoms with Crippen LogP contribution in [0.3, 0.4) is 0 Å². The number of amides is 2. The van der Waals surface area contributed by atoms with Gasteiger partial charge in [-0.1, -0.05) is 12.1 Å². The Bertz CT molecular complexity index is 1250. The van der Waals surface area contributed by atoms with Gasteiger partial charge < -0.3 is 15.0 Å². The number of aryl methyl sites for hydroxylation is 1. The van der Waals surface area contributed by atoms with Crippen molar-refractivity contribution in [3.63, 3.8) is 0 Å². The van der Waals surface area contributed by atoms with Crippen LogP contribution < -0.4 is 10.1 Å². The van der Waals surface area contributed by atoms with E-state index in [0.29, 0.717) is 35.2 Å². The van der Waals surface area contributed by atoms with Gasteiger partial charge in [-0.05, 0) is 55.0 Å². The Hall–Kier alpha value is -3.61. The van der Waals surface area contributed by atoms with Gasteiger partial charge in [0.15, 0.2) is 0 Å². The van der Waals surface area contributed by atoms with Crippen LogP contribution in [0.1, 0.15) is 21.8 Å².